The lowest BCUT2D eigenvalue weighted by molar-refractivity contribution is -0.116. The molecule has 0 unspecified atom stereocenters. The molecular weight excluding hydrogens is 360 g/mol. The normalized spacial score (nSPS) is 21.2. The van der Waals surface area contributed by atoms with Crippen LogP contribution in [0.4, 0.5) is 11.6 Å². The van der Waals surface area contributed by atoms with Crippen molar-refractivity contribution in [2.45, 2.75) is 24.8 Å². The molecule has 3 heterocycles. The van der Waals surface area contributed by atoms with Gasteiger partial charge in [-0.3, -0.25) is 4.79 Å². The second-order valence-electron chi connectivity index (χ2n) is 6.88. The topological polar surface area (TPSA) is 102 Å². The molecule has 0 radical (unpaired) electrons. The predicted molar refractivity (Wildman–Crippen MR) is 100.0 cm³/mol. The summed E-state index contributed by atoms with van der Waals surface area (Å²) in [6.45, 7) is 0. The van der Waals surface area contributed by atoms with Gasteiger partial charge in [0, 0.05) is 23.6 Å². The minimum absolute atomic E-state index is 0.0267. The molecule has 1 aliphatic carbocycles. The van der Waals surface area contributed by atoms with E-state index in [9.17, 15) is 4.79 Å². The van der Waals surface area contributed by atoms with Crippen molar-refractivity contribution in [2.24, 2.45) is 0 Å². The number of hydrogen-bond acceptors (Lipinski definition) is 8. The first-order valence-corrected chi connectivity index (χ1v) is 9.02. The lowest BCUT2D eigenvalue weighted by Gasteiger charge is -2.28. The molecule has 0 saturated heterocycles. The third-order valence-corrected chi connectivity index (χ3v) is 5.21. The molecule has 28 heavy (non-hydrogen) atoms. The lowest BCUT2D eigenvalue weighted by atomic mass is 9.80. The van der Waals surface area contributed by atoms with Crippen LogP contribution in [0, 0.1) is 0 Å². The Morgan fingerprint density at radius 1 is 1.14 bits per heavy atom. The zero-order chi connectivity index (χ0) is 19.1. The Bertz CT molecular complexity index is 1050. The predicted octanol–water partition coefficient (Wildman–Crippen LogP) is 3.65. The fourth-order valence-electron chi connectivity index (χ4n) is 3.90. The molecule has 1 aromatic carbocycles. The molecule has 1 aliphatic heterocycles. The lowest BCUT2D eigenvalue weighted by Crippen LogP contribution is -2.27. The molecule has 0 spiro atoms. The van der Waals surface area contributed by atoms with Crippen LogP contribution in [-0.2, 0) is 4.79 Å². The van der Waals surface area contributed by atoms with Crippen molar-refractivity contribution in [1.82, 2.24) is 10.3 Å². The highest BCUT2D eigenvalue weighted by molar-refractivity contribution is 6.00. The van der Waals surface area contributed by atoms with E-state index in [-0.39, 0.29) is 11.7 Å². The summed E-state index contributed by atoms with van der Waals surface area (Å²) in [7, 11) is 1.62. The third kappa shape index (κ3) is 2.74. The highest BCUT2D eigenvalue weighted by Gasteiger charge is 2.38. The number of ketones is 1. The Labute approximate surface area is 160 Å². The molecule has 2 aliphatic rings. The first kappa shape index (κ1) is 16.6. The highest BCUT2D eigenvalue weighted by atomic mass is 16.6. The van der Waals surface area contributed by atoms with E-state index < -0.39 is 6.04 Å². The molecule has 0 amide bonds. The first-order chi connectivity index (χ1) is 13.7. The van der Waals surface area contributed by atoms with Crippen LogP contribution in [0.15, 0.2) is 63.0 Å². The quantitative estimate of drug-likeness (QED) is 0.712. The fraction of sp³-hybridized carbons (Fsp3) is 0.250. The van der Waals surface area contributed by atoms with Crippen molar-refractivity contribution in [2.75, 3.05) is 17.7 Å². The summed E-state index contributed by atoms with van der Waals surface area (Å²) in [5.74, 6) is 2.47. The van der Waals surface area contributed by atoms with Crippen LogP contribution in [0.25, 0.3) is 0 Å². The van der Waals surface area contributed by atoms with Gasteiger partial charge in [0.05, 0.1) is 19.4 Å². The highest BCUT2D eigenvalue weighted by Crippen LogP contribution is 2.43. The number of benzene rings is 1. The number of rotatable bonds is 3. The number of carbonyl (C=O) groups is 1. The number of aromatic nitrogens is 2. The molecule has 142 valence electrons. The van der Waals surface area contributed by atoms with Crippen molar-refractivity contribution in [1.29, 1.82) is 0 Å². The summed E-state index contributed by atoms with van der Waals surface area (Å²) in [5, 5.41) is 14.4. The molecule has 5 rings (SSSR count). The van der Waals surface area contributed by atoms with Crippen molar-refractivity contribution in [3.63, 3.8) is 0 Å². The smallest absolute Gasteiger partial charge is 0.219 e. The van der Waals surface area contributed by atoms with Crippen LogP contribution < -0.4 is 15.4 Å². The maximum Gasteiger partial charge on any atom is 0.219 e. The van der Waals surface area contributed by atoms with Gasteiger partial charge in [0.1, 0.15) is 11.5 Å². The van der Waals surface area contributed by atoms with Gasteiger partial charge in [-0.25, -0.2) is 4.63 Å². The monoisotopic (exact) mass is 378 g/mol. The number of fused-ring (bicyclic) bond motifs is 1. The molecule has 2 aromatic heterocycles. The number of carbonyl (C=O) groups excluding carboxylic acids is 1. The summed E-state index contributed by atoms with van der Waals surface area (Å²) in [6.07, 6.45) is 2.64. The number of methoxy groups -OCH3 is 1. The van der Waals surface area contributed by atoms with Crippen LogP contribution in [0.1, 0.15) is 36.1 Å². The van der Waals surface area contributed by atoms with Gasteiger partial charge < -0.3 is 19.8 Å². The second kappa shape index (κ2) is 6.56. The summed E-state index contributed by atoms with van der Waals surface area (Å²) < 4.78 is 15.8. The van der Waals surface area contributed by atoms with Crippen molar-refractivity contribution in [3.8, 4) is 5.75 Å². The van der Waals surface area contributed by atoms with Crippen LogP contribution in [-0.4, -0.2) is 23.2 Å². The Morgan fingerprint density at radius 2 is 2.04 bits per heavy atom. The maximum absolute atomic E-state index is 13.2. The minimum Gasteiger partial charge on any atom is -0.497 e. The van der Waals surface area contributed by atoms with Gasteiger partial charge in [-0.15, -0.1) is 0 Å². The van der Waals surface area contributed by atoms with E-state index in [1.165, 1.54) is 0 Å². The molecule has 2 N–H and O–H groups in total. The first-order valence-electron chi connectivity index (χ1n) is 9.02. The van der Waals surface area contributed by atoms with E-state index in [1.807, 2.05) is 36.4 Å². The Kier molecular flexibility index (Phi) is 3.89. The summed E-state index contributed by atoms with van der Waals surface area (Å²) in [6, 6.07) is 11.0. The Hall–Kier alpha value is -3.55. The van der Waals surface area contributed by atoms with Gasteiger partial charge in [-0.2, -0.15) is 0 Å². The Balaban J connectivity index is 1.61. The number of nitrogens with zero attached hydrogens (tertiary/aromatic N) is 2. The third-order valence-electron chi connectivity index (χ3n) is 5.21. The number of nitrogens with one attached hydrogen (secondary N) is 2. The van der Waals surface area contributed by atoms with Gasteiger partial charge >= 0.3 is 0 Å². The molecule has 2 atom stereocenters. The number of allylic oxidation sites excluding steroid dienone is 1. The van der Waals surface area contributed by atoms with Gasteiger partial charge in [0.15, 0.2) is 5.78 Å². The van der Waals surface area contributed by atoms with Crippen LogP contribution in [0.3, 0.4) is 0 Å². The van der Waals surface area contributed by atoms with E-state index in [1.54, 1.807) is 13.4 Å². The molecule has 0 bridgehead atoms. The molecule has 8 nitrogen and oxygen atoms in total. The van der Waals surface area contributed by atoms with E-state index in [2.05, 4.69) is 20.9 Å². The Morgan fingerprint density at radius 3 is 2.86 bits per heavy atom. The zero-order valence-corrected chi connectivity index (χ0v) is 15.1. The molecular formula is C20H18N4O4. The van der Waals surface area contributed by atoms with E-state index >= 15 is 0 Å². The summed E-state index contributed by atoms with van der Waals surface area (Å²) in [4.78, 5) is 13.2. The van der Waals surface area contributed by atoms with Gasteiger partial charge in [0.2, 0.25) is 11.6 Å². The average molecular weight is 378 g/mol. The number of ether oxygens (including phenoxy) is 1. The SMILES string of the molecule is COc1cccc([C@H]2Nc3nonc3NC3=C2C(=O)C[C@H](c2ccco2)C3)c1. The maximum atomic E-state index is 13.2. The van der Waals surface area contributed by atoms with E-state index in [0.717, 1.165) is 17.0 Å². The standard InChI is InChI=1S/C20H18N4O4/c1-26-13-5-2-4-11(8-13)18-17-14(21-19-20(22-18)24-28-23-19)9-12(10-15(17)25)16-6-3-7-27-16/h2-8,12,18H,9-10H2,1H3,(H,21,23)(H,22,24)/t12-,18-/m1/s1. The van der Waals surface area contributed by atoms with Gasteiger partial charge in [-0.1, -0.05) is 12.1 Å². The second-order valence-corrected chi connectivity index (χ2v) is 6.88. The van der Waals surface area contributed by atoms with Crippen LogP contribution in [0.2, 0.25) is 0 Å². The van der Waals surface area contributed by atoms with Crippen LogP contribution >= 0.6 is 0 Å². The largest absolute Gasteiger partial charge is 0.497 e. The summed E-state index contributed by atoms with van der Waals surface area (Å²) in [5.41, 5.74) is 2.37. The van der Waals surface area contributed by atoms with Crippen molar-refractivity contribution in [3.05, 3.63) is 65.3 Å². The molecule has 0 fully saturated rings. The number of Topliss-reactive ketones (excluding diaryl/α,β-unsaturated/α-hetero) is 1. The van der Waals surface area contributed by atoms with Gasteiger partial charge in [-0.05, 0) is 46.6 Å². The van der Waals surface area contributed by atoms with Crippen molar-refractivity contribution >= 4 is 17.4 Å². The number of furan rings is 1. The minimum atomic E-state index is -0.393. The molecule has 0 saturated carbocycles. The molecule has 3 aromatic rings. The fourth-order valence-corrected chi connectivity index (χ4v) is 3.90. The summed E-state index contributed by atoms with van der Waals surface area (Å²) >= 11 is 0. The van der Waals surface area contributed by atoms with Crippen LogP contribution in [0.5, 0.6) is 5.75 Å². The zero-order valence-electron chi connectivity index (χ0n) is 15.1. The van der Waals surface area contributed by atoms with E-state index in [0.29, 0.717) is 35.8 Å². The average Bonchev–Trinajstić information content (AvgIpc) is 3.37. The van der Waals surface area contributed by atoms with E-state index in [4.69, 9.17) is 13.8 Å². The molecule has 8 heteroatoms. The van der Waals surface area contributed by atoms with Crippen molar-refractivity contribution < 1.29 is 18.6 Å². The van der Waals surface area contributed by atoms with Gasteiger partial charge in [0.25, 0.3) is 0 Å². The number of anilines is 2. The number of hydrogen-bond donors (Lipinski definition) is 2.